The van der Waals surface area contributed by atoms with Gasteiger partial charge in [-0.3, -0.25) is 4.79 Å². The lowest BCUT2D eigenvalue weighted by Gasteiger charge is -2.42. The van der Waals surface area contributed by atoms with Crippen molar-refractivity contribution >= 4 is 5.97 Å². The molecule has 2 heterocycles. The molecule has 14 nitrogen and oxygen atoms in total. The van der Waals surface area contributed by atoms with E-state index in [4.69, 9.17) is 28.4 Å². The SMILES string of the molecule is CCCCCCCC/C=C\CCCCCCCCCCCCOCC(COC1OC(COC2OC(CO)C(O)C(O)C2O)C(O)C(O)C1O)OC(=O)CCCCCCCCC/C=C\CCCCCCCCC. The molecule has 2 rings (SSSR count). The van der Waals surface area contributed by atoms with Crippen molar-refractivity contribution in [2.75, 3.05) is 33.0 Å². The fourth-order valence-corrected chi connectivity index (χ4v) is 9.39. The summed E-state index contributed by atoms with van der Waals surface area (Å²) in [7, 11) is 0. The van der Waals surface area contributed by atoms with Crippen LogP contribution in [0.5, 0.6) is 0 Å². The van der Waals surface area contributed by atoms with E-state index in [1.165, 1.54) is 167 Å². The first-order valence-corrected chi connectivity index (χ1v) is 29.4. The fourth-order valence-electron chi connectivity index (χ4n) is 9.39. The molecule has 72 heavy (non-hydrogen) atoms. The van der Waals surface area contributed by atoms with Gasteiger partial charge < -0.3 is 64.2 Å². The molecule has 0 aromatic rings. The van der Waals surface area contributed by atoms with Crippen LogP contribution >= 0.6 is 0 Å². The lowest BCUT2D eigenvalue weighted by molar-refractivity contribution is -0.332. The number of rotatable bonds is 48. The third-order valence-electron chi connectivity index (χ3n) is 14.2. The van der Waals surface area contributed by atoms with Crippen molar-refractivity contribution in [1.82, 2.24) is 0 Å². The monoisotopic (exact) mass is 1030 g/mol. The van der Waals surface area contributed by atoms with Gasteiger partial charge in [0.25, 0.3) is 0 Å². The van der Waals surface area contributed by atoms with Gasteiger partial charge in [-0.2, -0.15) is 0 Å². The van der Waals surface area contributed by atoms with E-state index in [0.29, 0.717) is 13.0 Å². The van der Waals surface area contributed by atoms with Crippen LogP contribution in [0, 0.1) is 0 Å². The average molecular weight is 1030 g/mol. The Morgan fingerprint density at radius 3 is 1.26 bits per heavy atom. The predicted molar refractivity (Wildman–Crippen MR) is 284 cm³/mol. The molecule has 2 saturated heterocycles. The first kappa shape index (κ1) is 66.6. The highest BCUT2D eigenvalue weighted by Crippen LogP contribution is 2.27. The molecule has 2 aliphatic rings. The van der Waals surface area contributed by atoms with Gasteiger partial charge in [-0.05, 0) is 64.2 Å². The second-order valence-electron chi connectivity index (χ2n) is 20.8. The van der Waals surface area contributed by atoms with Crippen molar-refractivity contribution in [2.45, 2.75) is 306 Å². The number of esters is 1. The van der Waals surface area contributed by atoms with Crippen LogP contribution in [0.15, 0.2) is 24.3 Å². The summed E-state index contributed by atoms with van der Waals surface area (Å²) in [4.78, 5) is 13.1. The Balaban J connectivity index is 1.71. The van der Waals surface area contributed by atoms with Crippen LogP contribution in [-0.4, -0.2) is 142 Å². The van der Waals surface area contributed by atoms with Crippen LogP contribution < -0.4 is 0 Å². The molecule has 7 N–H and O–H groups in total. The van der Waals surface area contributed by atoms with E-state index in [1.807, 2.05) is 0 Å². The van der Waals surface area contributed by atoms with Gasteiger partial charge in [0.2, 0.25) is 0 Å². The normalized spacial score (nSPS) is 25.2. The predicted octanol–water partition coefficient (Wildman–Crippen LogP) is 10.4. The number of aliphatic hydroxyl groups is 7. The number of carbonyl (C=O) groups is 1. The minimum absolute atomic E-state index is 0.0621. The lowest BCUT2D eigenvalue weighted by atomic mass is 9.98. The second-order valence-corrected chi connectivity index (χ2v) is 20.8. The van der Waals surface area contributed by atoms with Crippen molar-refractivity contribution in [3.05, 3.63) is 24.3 Å². The van der Waals surface area contributed by atoms with E-state index >= 15 is 0 Å². The van der Waals surface area contributed by atoms with Crippen LogP contribution in [0.1, 0.15) is 239 Å². The molecule has 0 radical (unpaired) electrons. The Morgan fingerprint density at radius 1 is 0.444 bits per heavy atom. The summed E-state index contributed by atoms with van der Waals surface area (Å²) < 4.78 is 34.4. The van der Waals surface area contributed by atoms with Crippen LogP contribution in [0.4, 0.5) is 0 Å². The number of unbranched alkanes of at least 4 members (excludes halogenated alkanes) is 30. The second kappa shape index (κ2) is 45.6. The smallest absolute Gasteiger partial charge is 0.306 e. The van der Waals surface area contributed by atoms with E-state index in [0.717, 1.165) is 44.9 Å². The molecule has 0 saturated carbocycles. The van der Waals surface area contributed by atoms with Crippen LogP contribution in [-0.2, 0) is 33.2 Å². The molecule has 11 atom stereocenters. The highest BCUT2D eigenvalue weighted by Gasteiger charge is 2.47. The molecule has 0 bridgehead atoms. The average Bonchev–Trinajstić information content (AvgIpc) is 3.38. The van der Waals surface area contributed by atoms with E-state index in [9.17, 15) is 40.5 Å². The standard InChI is InChI=1S/C58H108O14/c1-3-5-7-9-11-13-15-17-19-21-23-24-26-28-30-32-34-36-38-40-42-67-44-47(70-50(60)41-39-37-35-33-31-29-27-25-22-20-18-16-14-12-10-8-6-4-2)45-68-57-56(66)54(64)52(62)49(72-57)46-69-58-55(65)53(63)51(61)48(43-59)71-58/h17,19-20,22,47-49,51-59,61-66H,3-16,18,21,23-46H2,1-2H3/b19-17-,22-20-. The van der Waals surface area contributed by atoms with Crippen molar-refractivity contribution in [1.29, 1.82) is 0 Å². The molecule has 14 heteroatoms. The molecule has 0 aromatic carbocycles. The highest BCUT2D eigenvalue weighted by atomic mass is 16.7. The van der Waals surface area contributed by atoms with Crippen molar-refractivity contribution in [2.24, 2.45) is 0 Å². The maximum atomic E-state index is 13.1. The zero-order chi connectivity index (χ0) is 52.3. The Morgan fingerprint density at radius 2 is 0.819 bits per heavy atom. The van der Waals surface area contributed by atoms with Gasteiger partial charge in [-0.15, -0.1) is 0 Å². The van der Waals surface area contributed by atoms with Gasteiger partial charge in [0.1, 0.15) is 54.9 Å². The molecule has 0 spiro atoms. The number of hydrogen-bond acceptors (Lipinski definition) is 14. The number of allylic oxidation sites excluding steroid dienone is 4. The van der Waals surface area contributed by atoms with E-state index < -0.39 is 80.7 Å². The van der Waals surface area contributed by atoms with Gasteiger partial charge in [-0.25, -0.2) is 0 Å². The van der Waals surface area contributed by atoms with E-state index in [1.54, 1.807) is 0 Å². The quantitative estimate of drug-likeness (QED) is 0.0172. The Labute approximate surface area is 437 Å². The third kappa shape index (κ3) is 32.1. The Hall–Kier alpha value is -1.53. The Bertz CT molecular complexity index is 1290. The summed E-state index contributed by atoms with van der Waals surface area (Å²) in [6, 6.07) is 0. The number of aliphatic hydroxyl groups excluding tert-OH is 7. The molecule has 11 unspecified atom stereocenters. The topological polar surface area (TPSA) is 214 Å². The first-order chi connectivity index (χ1) is 35.1. The van der Waals surface area contributed by atoms with Crippen molar-refractivity contribution < 1.29 is 69.0 Å². The summed E-state index contributed by atoms with van der Waals surface area (Å²) >= 11 is 0. The number of hydrogen-bond donors (Lipinski definition) is 7. The Kier molecular flexibility index (Phi) is 42.2. The maximum absolute atomic E-state index is 13.1. The lowest BCUT2D eigenvalue weighted by Crippen LogP contribution is -2.61. The highest BCUT2D eigenvalue weighted by molar-refractivity contribution is 5.69. The van der Waals surface area contributed by atoms with Gasteiger partial charge in [0, 0.05) is 13.0 Å². The van der Waals surface area contributed by atoms with Gasteiger partial charge in [0.15, 0.2) is 12.6 Å². The van der Waals surface area contributed by atoms with Crippen molar-refractivity contribution in [3.63, 3.8) is 0 Å². The molecular formula is C58H108O14. The van der Waals surface area contributed by atoms with Gasteiger partial charge >= 0.3 is 5.97 Å². The fraction of sp³-hybridized carbons (Fsp3) is 0.914. The van der Waals surface area contributed by atoms with Gasteiger partial charge in [-0.1, -0.05) is 192 Å². The largest absolute Gasteiger partial charge is 0.457 e. The zero-order valence-electron chi connectivity index (χ0n) is 45.4. The summed E-state index contributed by atoms with van der Waals surface area (Å²) in [5, 5.41) is 72.3. The molecular weight excluding hydrogens is 921 g/mol. The van der Waals surface area contributed by atoms with Crippen LogP contribution in [0.2, 0.25) is 0 Å². The summed E-state index contributed by atoms with van der Waals surface area (Å²) in [6.07, 6.45) is 35.2. The molecule has 0 aliphatic carbocycles. The number of carbonyl (C=O) groups excluding carboxylic acids is 1. The summed E-state index contributed by atoms with van der Waals surface area (Å²) in [5.41, 5.74) is 0. The zero-order valence-corrected chi connectivity index (χ0v) is 45.4. The van der Waals surface area contributed by atoms with E-state index in [-0.39, 0.29) is 25.6 Å². The van der Waals surface area contributed by atoms with Gasteiger partial charge in [0.05, 0.1) is 26.4 Å². The summed E-state index contributed by atoms with van der Waals surface area (Å²) in [5.74, 6) is -0.377. The maximum Gasteiger partial charge on any atom is 0.306 e. The molecule has 424 valence electrons. The minimum atomic E-state index is -1.71. The first-order valence-electron chi connectivity index (χ1n) is 29.4. The van der Waals surface area contributed by atoms with Crippen molar-refractivity contribution in [3.8, 4) is 0 Å². The molecule has 0 aromatic heterocycles. The minimum Gasteiger partial charge on any atom is -0.457 e. The van der Waals surface area contributed by atoms with Crippen LogP contribution in [0.25, 0.3) is 0 Å². The molecule has 2 fully saturated rings. The van der Waals surface area contributed by atoms with E-state index in [2.05, 4.69) is 38.2 Å². The molecule has 2 aliphatic heterocycles. The third-order valence-corrected chi connectivity index (χ3v) is 14.2. The molecule has 0 amide bonds. The summed E-state index contributed by atoms with van der Waals surface area (Å²) in [6.45, 7) is 3.71. The number of ether oxygens (including phenoxy) is 6. The van der Waals surface area contributed by atoms with Crippen LogP contribution in [0.3, 0.4) is 0 Å².